The Morgan fingerprint density at radius 1 is 0.893 bits per heavy atom. The van der Waals surface area contributed by atoms with Crippen LogP contribution < -0.4 is 15.1 Å². The van der Waals surface area contributed by atoms with Crippen LogP contribution in [-0.2, 0) is 0 Å². The van der Waals surface area contributed by atoms with Gasteiger partial charge in [-0.2, -0.15) is 0 Å². The lowest BCUT2D eigenvalue weighted by molar-refractivity contribution is 0.159. The van der Waals surface area contributed by atoms with Crippen molar-refractivity contribution in [2.75, 3.05) is 49.1 Å². The summed E-state index contributed by atoms with van der Waals surface area (Å²) in [6.45, 7) is 11.8. The first-order valence-electron chi connectivity index (χ1n) is 12.1. The van der Waals surface area contributed by atoms with Gasteiger partial charge in [0.25, 0.3) is 0 Å². The van der Waals surface area contributed by atoms with Gasteiger partial charge in [-0.05, 0) is 80.0 Å². The normalized spacial score (nSPS) is 23.8. The van der Waals surface area contributed by atoms with E-state index in [1.54, 1.807) is 5.56 Å². The molecule has 1 aromatic rings. The van der Waals surface area contributed by atoms with Gasteiger partial charge in [-0.1, -0.05) is 26.7 Å². The van der Waals surface area contributed by atoms with Gasteiger partial charge in [0, 0.05) is 50.6 Å². The molecule has 2 aliphatic heterocycles. The van der Waals surface area contributed by atoms with Gasteiger partial charge in [0.05, 0.1) is 0 Å². The molecule has 0 amide bonds. The fourth-order valence-corrected chi connectivity index (χ4v) is 5.91. The summed E-state index contributed by atoms with van der Waals surface area (Å²) in [7, 11) is 0. The predicted octanol–water partition coefficient (Wildman–Crippen LogP) is 5.55. The summed E-state index contributed by atoms with van der Waals surface area (Å²) in [5.74, 6) is 0.751. The van der Waals surface area contributed by atoms with Gasteiger partial charge >= 0.3 is 0 Å². The van der Waals surface area contributed by atoms with Crippen molar-refractivity contribution in [2.45, 2.75) is 77.6 Å². The molecular formula is C25H41N3. The quantitative estimate of drug-likeness (QED) is 0.719. The molecule has 3 heteroatoms. The predicted molar refractivity (Wildman–Crippen MR) is 122 cm³/mol. The summed E-state index contributed by atoms with van der Waals surface area (Å²) < 4.78 is 0. The van der Waals surface area contributed by atoms with E-state index >= 15 is 0 Å². The molecule has 2 saturated heterocycles. The van der Waals surface area contributed by atoms with Crippen molar-refractivity contribution >= 4 is 11.4 Å². The molecule has 3 aliphatic rings. The van der Waals surface area contributed by atoms with Crippen LogP contribution in [0.15, 0.2) is 18.2 Å². The molecule has 0 spiro atoms. The van der Waals surface area contributed by atoms with Crippen LogP contribution in [0.25, 0.3) is 0 Å². The second-order valence-corrected chi connectivity index (χ2v) is 9.51. The average molecular weight is 384 g/mol. The molecule has 4 rings (SSSR count). The highest BCUT2D eigenvalue weighted by Crippen LogP contribution is 2.49. The maximum Gasteiger partial charge on any atom is 0.0404 e. The number of nitrogens with zero attached hydrogens (tertiary/aromatic N) is 2. The maximum absolute atomic E-state index is 3.52. The number of piperazine rings is 1. The number of piperidine rings is 1. The molecule has 3 fully saturated rings. The first-order valence-corrected chi connectivity index (χ1v) is 12.1. The van der Waals surface area contributed by atoms with Crippen LogP contribution in [0.2, 0.25) is 0 Å². The highest BCUT2D eigenvalue weighted by molar-refractivity contribution is 5.63. The van der Waals surface area contributed by atoms with Crippen molar-refractivity contribution in [3.63, 3.8) is 0 Å². The maximum atomic E-state index is 3.52. The Bertz CT molecular complexity index is 615. The summed E-state index contributed by atoms with van der Waals surface area (Å²) >= 11 is 0. The summed E-state index contributed by atoms with van der Waals surface area (Å²) in [6.07, 6.45) is 12.4. The smallest absolute Gasteiger partial charge is 0.0404 e. The van der Waals surface area contributed by atoms with Crippen LogP contribution in [0, 0.1) is 5.41 Å². The van der Waals surface area contributed by atoms with Crippen molar-refractivity contribution in [1.82, 2.24) is 5.32 Å². The molecule has 156 valence electrons. The Hall–Kier alpha value is -1.22. The Labute approximate surface area is 172 Å². The molecular weight excluding hydrogens is 342 g/mol. The van der Waals surface area contributed by atoms with Gasteiger partial charge in [0.1, 0.15) is 0 Å². The minimum Gasteiger partial charge on any atom is -0.372 e. The van der Waals surface area contributed by atoms with E-state index in [4.69, 9.17) is 0 Å². The summed E-state index contributed by atoms with van der Waals surface area (Å²) in [5.41, 5.74) is 5.30. The van der Waals surface area contributed by atoms with Crippen molar-refractivity contribution < 1.29 is 0 Å². The first kappa shape index (κ1) is 20.1. The van der Waals surface area contributed by atoms with E-state index in [1.165, 1.54) is 82.3 Å². The third-order valence-corrected chi connectivity index (χ3v) is 8.18. The second kappa shape index (κ2) is 9.07. The molecule has 3 nitrogen and oxygen atoms in total. The van der Waals surface area contributed by atoms with Crippen molar-refractivity contribution in [3.05, 3.63) is 23.8 Å². The third kappa shape index (κ3) is 4.20. The van der Waals surface area contributed by atoms with Gasteiger partial charge in [0.2, 0.25) is 0 Å². The average Bonchev–Trinajstić information content (AvgIpc) is 2.80. The van der Waals surface area contributed by atoms with E-state index in [-0.39, 0.29) is 0 Å². The van der Waals surface area contributed by atoms with E-state index in [9.17, 15) is 0 Å². The molecule has 28 heavy (non-hydrogen) atoms. The van der Waals surface area contributed by atoms with Gasteiger partial charge in [-0.25, -0.2) is 0 Å². The molecule has 0 radical (unpaired) electrons. The Kier molecular flexibility index (Phi) is 6.50. The zero-order valence-electron chi connectivity index (χ0n) is 18.3. The Balaban J connectivity index is 1.60. The van der Waals surface area contributed by atoms with E-state index in [2.05, 4.69) is 47.2 Å². The summed E-state index contributed by atoms with van der Waals surface area (Å²) in [5, 5.41) is 3.52. The van der Waals surface area contributed by atoms with Gasteiger partial charge < -0.3 is 15.1 Å². The third-order valence-electron chi connectivity index (χ3n) is 8.18. The minimum atomic E-state index is 0.621. The van der Waals surface area contributed by atoms with Crippen molar-refractivity contribution in [2.24, 2.45) is 5.41 Å². The zero-order valence-corrected chi connectivity index (χ0v) is 18.3. The largest absolute Gasteiger partial charge is 0.372 e. The molecule has 0 atom stereocenters. The number of hydrogen-bond acceptors (Lipinski definition) is 3. The standard InChI is InChI=1S/C25H41N3/c1-3-25(4-2)12-10-21(11-13-25)23-20-22(27-16-6-5-7-17-27)8-9-24(23)28-18-14-26-15-19-28/h8-9,20-21,26H,3-7,10-19H2,1-2H3. The Morgan fingerprint density at radius 3 is 2.21 bits per heavy atom. The van der Waals surface area contributed by atoms with E-state index in [0.717, 1.165) is 32.1 Å². The molecule has 2 heterocycles. The lowest BCUT2D eigenvalue weighted by Gasteiger charge is -2.41. The van der Waals surface area contributed by atoms with Crippen LogP contribution in [-0.4, -0.2) is 39.3 Å². The number of rotatable bonds is 5. The summed E-state index contributed by atoms with van der Waals surface area (Å²) in [6, 6.07) is 7.47. The van der Waals surface area contributed by atoms with E-state index in [0.29, 0.717) is 5.41 Å². The van der Waals surface area contributed by atoms with Crippen molar-refractivity contribution in [3.8, 4) is 0 Å². The van der Waals surface area contributed by atoms with Crippen molar-refractivity contribution in [1.29, 1.82) is 0 Å². The number of hydrogen-bond donors (Lipinski definition) is 1. The highest BCUT2D eigenvalue weighted by atomic mass is 15.2. The fourth-order valence-electron chi connectivity index (χ4n) is 5.91. The lowest BCUT2D eigenvalue weighted by Crippen LogP contribution is -2.44. The second-order valence-electron chi connectivity index (χ2n) is 9.51. The van der Waals surface area contributed by atoms with E-state index < -0.39 is 0 Å². The SMILES string of the molecule is CCC1(CC)CCC(c2cc(N3CCCCC3)ccc2N2CCNCC2)CC1. The van der Waals surface area contributed by atoms with E-state index in [1.807, 2.05) is 0 Å². The molecule has 0 unspecified atom stereocenters. The highest BCUT2D eigenvalue weighted by Gasteiger charge is 2.34. The van der Waals surface area contributed by atoms with Crippen LogP contribution in [0.3, 0.4) is 0 Å². The van der Waals surface area contributed by atoms with Gasteiger partial charge in [0.15, 0.2) is 0 Å². The van der Waals surface area contributed by atoms with Gasteiger partial charge in [-0.15, -0.1) is 0 Å². The van der Waals surface area contributed by atoms with Crippen LogP contribution >= 0.6 is 0 Å². The van der Waals surface area contributed by atoms with Gasteiger partial charge in [-0.3, -0.25) is 0 Å². The lowest BCUT2D eigenvalue weighted by atomic mass is 9.66. The fraction of sp³-hybridized carbons (Fsp3) is 0.760. The zero-order chi connectivity index (χ0) is 19.4. The minimum absolute atomic E-state index is 0.621. The number of benzene rings is 1. The summed E-state index contributed by atoms with van der Waals surface area (Å²) in [4.78, 5) is 5.28. The monoisotopic (exact) mass is 383 g/mol. The molecule has 0 aromatic heterocycles. The Morgan fingerprint density at radius 2 is 1.57 bits per heavy atom. The number of nitrogens with one attached hydrogen (secondary N) is 1. The topological polar surface area (TPSA) is 18.5 Å². The molecule has 1 aliphatic carbocycles. The number of anilines is 2. The molecule has 1 aromatic carbocycles. The van der Waals surface area contributed by atoms with Crippen LogP contribution in [0.5, 0.6) is 0 Å². The molecule has 1 N–H and O–H groups in total. The van der Waals surface area contributed by atoms with Crippen LogP contribution in [0.4, 0.5) is 11.4 Å². The first-order chi connectivity index (χ1) is 13.7. The van der Waals surface area contributed by atoms with Crippen LogP contribution in [0.1, 0.15) is 83.1 Å². The molecule has 0 bridgehead atoms. The molecule has 1 saturated carbocycles.